The first kappa shape index (κ1) is 13.0. The number of phenols is 2. The Morgan fingerprint density at radius 2 is 1.55 bits per heavy atom. The third-order valence-electron chi connectivity index (χ3n) is 4.78. The fraction of sp³-hybridized carbons (Fsp3) is 0.333. The van der Waals surface area contributed by atoms with Gasteiger partial charge in [0.15, 0.2) is 0 Å². The third kappa shape index (κ3) is 1.79. The van der Waals surface area contributed by atoms with Crippen molar-refractivity contribution in [1.82, 2.24) is 0 Å². The van der Waals surface area contributed by atoms with Gasteiger partial charge < -0.3 is 10.2 Å². The second kappa shape index (κ2) is 4.55. The van der Waals surface area contributed by atoms with E-state index in [9.17, 15) is 10.2 Å². The summed E-state index contributed by atoms with van der Waals surface area (Å²) in [4.78, 5) is 0. The van der Waals surface area contributed by atoms with Gasteiger partial charge in [-0.25, -0.2) is 0 Å². The minimum Gasteiger partial charge on any atom is -0.508 e. The minimum absolute atomic E-state index is 0.298. The van der Waals surface area contributed by atoms with Crippen LogP contribution in [0.1, 0.15) is 45.7 Å². The maximum Gasteiger partial charge on any atom is 0.121 e. The molecule has 2 nitrogen and oxygen atoms in total. The summed E-state index contributed by atoms with van der Waals surface area (Å²) in [5.74, 6) is 1.06. The Hall–Kier alpha value is -1.96. The zero-order valence-corrected chi connectivity index (χ0v) is 12.2. The van der Waals surface area contributed by atoms with Crippen LogP contribution in [0.4, 0.5) is 0 Å². The van der Waals surface area contributed by atoms with E-state index in [1.165, 1.54) is 22.3 Å². The van der Waals surface area contributed by atoms with Crippen molar-refractivity contribution in [2.45, 2.75) is 39.5 Å². The molecule has 1 aliphatic rings. The molecular weight excluding hydrogens is 248 g/mol. The molecule has 0 saturated heterocycles. The molecule has 0 spiro atoms. The Bertz CT molecular complexity index is 669. The number of rotatable bonds is 1. The average molecular weight is 268 g/mol. The number of phenolic OH excluding ortho intramolecular Hbond substituents is 2. The van der Waals surface area contributed by atoms with E-state index in [1.807, 2.05) is 26.0 Å². The molecule has 0 heterocycles. The number of hydrogen-bond donors (Lipinski definition) is 2. The summed E-state index contributed by atoms with van der Waals surface area (Å²) in [6, 6.07) is 7.45. The lowest BCUT2D eigenvalue weighted by Gasteiger charge is -2.19. The lowest BCUT2D eigenvalue weighted by atomic mass is 9.87. The summed E-state index contributed by atoms with van der Waals surface area (Å²) in [6.45, 7) is 6.11. The van der Waals surface area contributed by atoms with E-state index in [4.69, 9.17) is 0 Å². The van der Waals surface area contributed by atoms with Crippen molar-refractivity contribution in [2.24, 2.45) is 0 Å². The van der Waals surface area contributed by atoms with Crippen LogP contribution in [0.2, 0.25) is 0 Å². The average Bonchev–Trinajstić information content (AvgIpc) is 2.88. The van der Waals surface area contributed by atoms with E-state index in [0.29, 0.717) is 17.4 Å². The normalized spacial score (nSPS) is 17.2. The Balaban J connectivity index is 2.17. The maximum atomic E-state index is 10.3. The first-order chi connectivity index (χ1) is 9.50. The standard InChI is InChI=1S/C18H20O2/c1-10-11(2)18(20)12(3)17-15(10)8-9-16(17)13-4-6-14(19)7-5-13/h4-7,16,19-20H,8-9H2,1-3H3. The first-order valence-corrected chi connectivity index (χ1v) is 7.11. The molecular formula is C18H20O2. The first-order valence-electron chi connectivity index (χ1n) is 7.11. The Morgan fingerprint density at radius 1 is 0.900 bits per heavy atom. The van der Waals surface area contributed by atoms with Crippen molar-refractivity contribution >= 4 is 0 Å². The van der Waals surface area contributed by atoms with Crippen LogP contribution in [0, 0.1) is 20.8 Å². The van der Waals surface area contributed by atoms with Gasteiger partial charge in [-0.3, -0.25) is 0 Å². The molecule has 20 heavy (non-hydrogen) atoms. The molecule has 0 bridgehead atoms. The Labute approximate surface area is 119 Å². The van der Waals surface area contributed by atoms with Crippen LogP contribution in [-0.2, 0) is 6.42 Å². The molecule has 104 valence electrons. The van der Waals surface area contributed by atoms with Crippen molar-refractivity contribution in [3.63, 3.8) is 0 Å². The van der Waals surface area contributed by atoms with Crippen LogP contribution in [0.5, 0.6) is 11.5 Å². The third-order valence-corrected chi connectivity index (χ3v) is 4.78. The lowest BCUT2D eigenvalue weighted by molar-refractivity contribution is 0.465. The van der Waals surface area contributed by atoms with Crippen LogP contribution < -0.4 is 0 Å². The monoisotopic (exact) mass is 268 g/mol. The van der Waals surface area contributed by atoms with Gasteiger partial charge in [0.1, 0.15) is 11.5 Å². The van der Waals surface area contributed by atoms with Crippen molar-refractivity contribution < 1.29 is 10.2 Å². The second-order valence-corrected chi connectivity index (χ2v) is 5.80. The molecule has 0 radical (unpaired) electrons. The molecule has 2 aromatic carbocycles. The van der Waals surface area contributed by atoms with Gasteiger partial charge in [-0.15, -0.1) is 0 Å². The second-order valence-electron chi connectivity index (χ2n) is 5.80. The molecule has 2 N–H and O–H groups in total. The van der Waals surface area contributed by atoms with Crippen molar-refractivity contribution in [3.8, 4) is 11.5 Å². The quantitative estimate of drug-likeness (QED) is 0.817. The van der Waals surface area contributed by atoms with Gasteiger partial charge >= 0.3 is 0 Å². The highest BCUT2D eigenvalue weighted by atomic mass is 16.3. The zero-order valence-electron chi connectivity index (χ0n) is 12.2. The summed E-state index contributed by atoms with van der Waals surface area (Å²) in [5.41, 5.74) is 7.15. The highest BCUT2D eigenvalue weighted by molar-refractivity contribution is 5.59. The van der Waals surface area contributed by atoms with Gasteiger partial charge in [-0.1, -0.05) is 12.1 Å². The zero-order chi connectivity index (χ0) is 14.4. The summed E-state index contributed by atoms with van der Waals surface area (Å²) in [6.07, 6.45) is 2.14. The maximum absolute atomic E-state index is 10.3. The minimum atomic E-state index is 0.298. The van der Waals surface area contributed by atoms with E-state index in [2.05, 4.69) is 6.92 Å². The topological polar surface area (TPSA) is 40.5 Å². The summed E-state index contributed by atoms with van der Waals surface area (Å²) in [7, 11) is 0. The number of benzene rings is 2. The SMILES string of the molecule is Cc1c(C)c2c(c(C)c1O)C(c1ccc(O)cc1)CC2. The highest BCUT2D eigenvalue weighted by Crippen LogP contribution is 2.45. The molecule has 1 atom stereocenters. The van der Waals surface area contributed by atoms with Crippen LogP contribution in [0.25, 0.3) is 0 Å². The summed E-state index contributed by atoms with van der Waals surface area (Å²) in [5, 5.41) is 19.8. The molecule has 0 saturated carbocycles. The molecule has 0 amide bonds. The fourth-order valence-electron chi connectivity index (χ4n) is 3.51. The van der Waals surface area contributed by atoms with Crippen LogP contribution in [-0.4, -0.2) is 10.2 Å². The van der Waals surface area contributed by atoms with E-state index in [1.54, 1.807) is 12.1 Å². The predicted octanol–water partition coefficient (Wildman–Crippen LogP) is 4.10. The van der Waals surface area contributed by atoms with E-state index in [0.717, 1.165) is 24.0 Å². The molecule has 0 fully saturated rings. The fourth-order valence-corrected chi connectivity index (χ4v) is 3.51. The van der Waals surface area contributed by atoms with Crippen LogP contribution >= 0.6 is 0 Å². The summed E-state index contributed by atoms with van der Waals surface area (Å²) < 4.78 is 0. The highest BCUT2D eigenvalue weighted by Gasteiger charge is 2.29. The van der Waals surface area contributed by atoms with E-state index < -0.39 is 0 Å². The number of aromatic hydroxyl groups is 2. The van der Waals surface area contributed by atoms with Gasteiger partial charge in [0.2, 0.25) is 0 Å². The van der Waals surface area contributed by atoms with Crippen molar-refractivity contribution in [1.29, 1.82) is 0 Å². The molecule has 1 aliphatic carbocycles. The molecule has 3 rings (SSSR count). The largest absolute Gasteiger partial charge is 0.508 e. The Morgan fingerprint density at radius 3 is 2.20 bits per heavy atom. The van der Waals surface area contributed by atoms with Crippen molar-refractivity contribution in [2.75, 3.05) is 0 Å². The van der Waals surface area contributed by atoms with E-state index in [-0.39, 0.29) is 0 Å². The van der Waals surface area contributed by atoms with Gasteiger partial charge in [0, 0.05) is 5.92 Å². The molecule has 0 aliphatic heterocycles. The number of fused-ring (bicyclic) bond motifs is 1. The molecule has 1 unspecified atom stereocenters. The molecule has 2 aromatic rings. The molecule has 2 heteroatoms. The van der Waals surface area contributed by atoms with Gasteiger partial charge in [0.25, 0.3) is 0 Å². The smallest absolute Gasteiger partial charge is 0.121 e. The lowest BCUT2D eigenvalue weighted by Crippen LogP contribution is -2.01. The van der Waals surface area contributed by atoms with Gasteiger partial charge in [-0.05, 0) is 79.1 Å². The van der Waals surface area contributed by atoms with Crippen molar-refractivity contribution in [3.05, 3.63) is 57.6 Å². The Kier molecular flexibility index (Phi) is 2.97. The number of hydrogen-bond acceptors (Lipinski definition) is 2. The summed E-state index contributed by atoms with van der Waals surface area (Å²) >= 11 is 0. The molecule has 0 aromatic heterocycles. The van der Waals surface area contributed by atoms with Gasteiger partial charge in [-0.2, -0.15) is 0 Å². The van der Waals surface area contributed by atoms with Crippen LogP contribution in [0.3, 0.4) is 0 Å². The predicted molar refractivity (Wildman–Crippen MR) is 80.6 cm³/mol. The van der Waals surface area contributed by atoms with Crippen LogP contribution in [0.15, 0.2) is 24.3 Å². The van der Waals surface area contributed by atoms with E-state index >= 15 is 0 Å². The van der Waals surface area contributed by atoms with Gasteiger partial charge in [0.05, 0.1) is 0 Å².